The number of thiophene rings is 1. The fourth-order valence-electron chi connectivity index (χ4n) is 6.30. The smallest absolute Gasteiger partial charge is 0.0964 e. The minimum atomic E-state index is 1.02. The van der Waals surface area contributed by atoms with E-state index < -0.39 is 0 Å². The summed E-state index contributed by atoms with van der Waals surface area (Å²) in [6.45, 7) is 0. The van der Waals surface area contributed by atoms with E-state index in [9.17, 15) is 0 Å². The number of aromatic nitrogens is 3. The number of rotatable bonds is 3. The van der Waals surface area contributed by atoms with Crippen molar-refractivity contribution in [3.63, 3.8) is 0 Å². The van der Waals surface area contributed by atoms with Gasteiger partial charge in [0.1, 0.15) is 0 Å². The fraction of sp³-hybridized carbons (Fsp3) is 0. The second-order valence-corrected chi connectivity index (χ2v) is 11.8. The maximum Gasteiger partial charge on any atom is 0.0964 e. The third-order valence-electron chi connectivity index (χ3n) is 8.31. The molecule has 0 unspecified atom stereocenters. The van der Waals surface area contributed by atoms with E-state index in [-0.39, 0.29) is 0 Å². The van der Waals surface area contributed by atoms with Crippen LogP contribution in [0, 0.1) is 0 Å². The average Bonchev–Trinajstić information content (AvgIpc) is 3.58. The molecule has 3 nitrogen and oxygen atoms in total. The van der Waals surface area contributed by atoms with E-state index in [0.29, 0.717) is 0 Å². The SMILES string of the molecule is c1ccc(-c2cnc3c4cc5c(cc4n(-c4ccc(-c6cncc7ccccc67)cc4)c3c2)sc2ccccc25)cc1. The predicted octanol–water partition coefficient (Wildman–Crippen LogP) is 10.4. The van der Waals surface area contributed by atoms with Gasteiger partial charge in [-0.2, -0.15) is 0 Å². The lowest BCUT2D eigenvalue weighted by molar-refractivity contribution is 1.18. The summed E-state index contributed by atoms with van der Waals surface area (Å²) in [4.78, 5) is 9.59. The Kier molecular flexibility index (Phi) is 5.07. The van der Waals surface area contributed by atoms with Crippen LogP contribution in [-0.2, 0) is 0 Å². The average molecular weight is 554 g/mol. The second-order valence-electron chi connectivity index (χ2n) is 10.7. The lowest BCUT2D eigenvalue weighted by Crippen LogP contribution is -1.95. The molecule has 0 aliphatic heterocycles. The summed E-state index contributed by atoms with van der Waals surface area (Å²) in [5, 5.41) is 6.11. The van der Waals surface area contributed by atoms with Crippen molar-refractivity contribution in [2.75, 3.05) is 0 Å². The van der Waals surface area contributed by atoms with Crippen LogP contribution in [0.1, 0.15) is 0 Å². The van der Waals surface area contributed by atoms with Gasteiger partial charge in [0.2, 0.25) is 0 Å². The van der Waals surface area contributed by atoms with E-state index in [4.69, 9.17) is 4.98 Å². The molecule has 0 N–H and O–H groups in total. The van der Waals surface area contributed by atoms with Crippen LogP contribution in [0.3, 0.4) is 0 Å². The van der Waals surface area contributed by atoms with Crippen LogP contribution in [0.5, 0.6) is 0 Å². The van der Waals surface area contributed by atoms with Crippen LogP contribution in [-0.4, -0.2) is 14.5 Å². The van der Waals surface area contributed by atoms with Gasteiger partial charge in [0.05, 0.1) is 16.6 Å². The molecular formula is C38H23N3S. The maximum atomic E-state index is 5.08. The maximum absolute atomic E-state index is 5.08. The number of hydrogen-bond donors (Lipinski definition) is 0. The van der Waals surface area contributed by atoms with E-state index in [1.165, 1.54) is 36.5 Å². The number of benzene rings is 5. The van der Waals surface area contributed by atoms with Gasteiger partial charge in [-0.1, -0.05) is 84.9 Å². The Morgan fingerprint density at radius 1 is 0.500 bits per heavy atom. The zero-order valence-electron chi connectivity index (χ0n) is 22.5. The number of pyridine rings is 2. The lowest BCUT2D eigenvalue weighted by Gasteiger charge is -2.11. The highest BCUT2D eigenvalue weighted by atomic mass is 32.1. The first kappa shape index (κ1) is 23.4. The normalized spacial score (nSPS) is 11.8. The van der Waals surface area contributed by atoms with E-state index >= 15 is 0 Å². The van der Waals surface area contributed by atoms with E-state index in [1.807, 2.05) is 29.9 Å². The van der Waals surface area contributed by atoms with Gasteiger partial charge in [-0.05, 0) is 52.9 Å². The van der Waals surface area contributed by atoms with Gasteiger partial charge in [-0.15, -0.1) is 11.3 Å². The highest BCUT2D eigenvalue weighted by Crippen LogP contribution is 2.41. The molecule has 4 aromatic heterocycles. The Hall–Kier alpha value is -5.32. The second kappa shape index (κ2) is 9.10. The van der Waals surface area contributed by atoms with Crippen molar-refractivity contribution < 1.29 is 0 Å². The molecule has 0 atom stereocenters. The first-order chi connectivity index (χ1) is 20.8. The molecule has 0 spiro atoms. The lowest BCUT2D eigenvalue weighted by atomic mass is 10.0. The van der Waals surface area contributed by atoms with Crippen molar-refractivity contribution in [3.8, 4) is 27.9 Å². The number of nitrogens with zero attached hydrogens (tertiary/aromatic N) is 3. The van der Waals surface area contributed by atoms with Gasteiger partial charge < -0.3 is 4.57 Å². The standard InChI is InChI=1S/C38H23N3S/c1-2-8-24(9-3-1)27-18-35-38(40-22-27)32-19-31-30-12-6-7-13-36(30)42-37(31)20-34(32)41(35)28-16-14-25(15-17-28)33-23-39-21-26-10-4-5-11-29(26)33/h1-23H. The van der Waals surface area contributed by atoms with Crippen molar-refractivity contribution in [1.82, 2.24) is 14.5 Å². The molecule has 0 aliphatic rings. The Balaban J connectivity index is 1.30. The van der Waals surface area contributed by atoms with Crippen LogP contribution in [0.25, 0.3) is 80.8 Å². The molecule has 0 aliphatic carbocycles. The zero-order valence-corrected chi connectivity index (χ0v) is 23.3. The van der Waals surface area contributed by atoms with Gasteiger partial charge in [0.15, 0.2) is 0 Å². The molecular weight excluding hydrogens is 531 g/mol. The summed E-state index contributed by atoms with van der Waals surface area (Å²) < 4.78 is 4.97. The number of hydrogen-bond acceptors (Lipinski definition) is 3. The molecule has 0 saturated heterocycles. The molecule has 0 saturated carbocycles. The van der Waals surface area contributed by atoms with Crippen molar-refractivity contribution >= 4 is 64.2 Å². The Labute approximate surface area is 246 Å². The largest absolute Gasteiger partial charge is 0.308 e. The molecule has 0 fully saturated rings. The molecule has 4 heteroatoms. The van der Waals surface area contributed by atoms with Gasteiger partial charge in [0, 0.05) is 66.3 Å². The Morgan fingerprint density at radius 2 is 1.29 bits per heavy atom. The molecule has 9 aromatic rings. The summed E-state index contributed by atoms with van der Waals surface area (Å²) in [6, 6.07) is 43.4. The van der Waals surface area contributed by atoms with Crippen LogP contribution < -0.4 is 0 Å². The molecule has 196 valence electrons. The third kappa shape index (κ3) is 3.52. The van der Waals surface area contributed by atoms with Crippen molar-refractivity contribution in [3.05, 3.63) is 140 Å². The summed E-state index contributed by atoms with van der Waals surface area (Å²) in [6.07, 6.45) is 5.90. The highest BCUT2D eigenvalue weighted by Gasteiger charge is 2.18. The molecule has 0 bridgehead atoms. The molecule has 0 amide bonds. The van der Waals surface area contributed by atoms with Crippen molar-refractivity contribution in [2.45, 2.75) is 0 Å². The van der Waals surface area contributed by atoms with Gasteiger partial charge >= 0.3 is 0 Å². The van der Waals surface area contributed by atoms with Crippen molar-refractivity contribution in [2.24, 2.45) is 0 Å². The number of fused-ring (bicyclic) bond motifs is 7. The first-order valence-electron chi connectivity index (χ1n) is 14.1. The summed E-state index contributed by atoms with van der Waals surface area (Å²) >= 11 is 1.85. The summed E-state index contributed by atoms with van der Waals surface area (Å²) in [7, 11) is 0. The van der Waals surface area contributed by atoms with E-state index in [2.05, 4.69) is 131 Å². The first-order valence-corrected chi connectivity index (χ1v) is 14.9. The monoisotopic (exact) mass is 553 g/mol. The van der Waals surface area contributed by atoms with Gasteiger partial charge in [0.25, 0.3) is 0 Å². The van der Waals surface area contributed by atoms with Crippen LogP contribution >= 0.6 is 11.3 Å². The Bertz CT molecular complexity index is 2450. The van der Waals surface area contributed by atoms with Gasteiger partial charge in [-0.3, -0.25) is 9.97 Å². The molecule has 4 heterocycles. The summed E-state index contributed by atoms with van der Waals surface area (Å²) in [5.41, 5.74) is 8.96. The van der Waals surface area contributed by atoms with Crippen LogP contribution in [0.4, 0.5) is 0 Å². The fourth-order valence-corrected chi connectivity index (χ4v) is 7.42. The minimum absolute atomic E-state index is 1.02. The van der Waals surface area contributed by atoms with E-state index in [1.54, 1.807) is 0 Å². The minimum Gasteiger partial charge on any atom is -0.308 e. The van der Waals surface area contributed by atoms with Crippen molar-refractivity contribution in [1.29, 1.82) is 0 Å². The quantitative estimate of drug-likeness (QED) is 0.218. The summed E-state index contributed by atoms with van der Waals surface area (Å²) in [5.74, 6) is 0. The zero-order chi connectivity index (χ0) is 27.6. The van der Waals surface area contributed by atoms with E-state index in [0.717, 1.165) is 44.4 Å². The van der Waals surface area contributed by atoms with Crippen LogP contribution in [0.2, 0.25) is 0 Å². The third-order valence-corrected chi connectivity index (χ3v) is 9.44. The Morgan fingerprint density at radius 3 is 2.17 bits per heavy atom. The topological polar surface area (TPSA) is 30.7 Å². The molecule has 9 rings (SSSR count). The predicted molar refractivity (Wildman–Crippen MR) is 178 cm³/mol. The molecule has 42 heavy (non-hydrogen) atoms. The molecule has 5 aromatic carbocycles. The highest BCUT2D eigenvalue weighted by molar-refractivity contribution is 7.25. The molecule has 0 radical (unpaired) electrons. The van der Waals surface area contributed by atoms with Gasteiger partial charge in [-0.25, -0.2) is 0 Å². The van der Waals surface area contributed by atoms with Crippen LogP contribution in [0.15, 0.2) is 140 Å².